The largest absolute Gasteiger partial charge is 0.493 e. The average Bonchev–Trinajstić information content (AvgIpc) is 2.55. The van der Waals surface area contributed by atoms with E-state index in [-0.39, 0.29) is 5.91 Å². The van der Waals surface area contributed by atoms with Gasteiger partial charge in [-0.05, 0) is 37.3 Å². The molecule has 22 heavy (non-hydrogen) atoms. The highest BCUT2D eigenvalue weighted by Crippen LogP contribution is 2.20. The normalized spacial score (nSPS) is 10.4. The maximum atomic E-state index is 12.4. The Balaban J connectivity index is 1.86. The maximum absolute atomic E-state index is 12.4. The summed E-state index contributed by atoms with van der Waals surface area (Å²) in [5.74, 6) is 0.866. The standard InChI is InChI=1S/C18H16N2O2/c1-2-22-16-10-6-4-8-14(16)18(21)20-17-12-11-13-7-3-5-9-15(13)19-17/h3-12H,2H2,1H3,(H,19,20,21). The van der Waals surface area contributed by atoms with Crippen LogP contribution in [0.1, 0.15) is 17.3 Å². The predicted octanol–water partition coefficient (Wildman–Crippen LogP) is 3.89. The van der Waals surface area contributed by atoms with Crippen LogP contribution in [-0.2, 0) is 0 Å². The van der Waals surface area contributed by atoms with Crippen molar-refractivity contribution in [3.8, 4) is 5.75 Å². The molecule has 1 N–H and O–H groups in total. The van der Waals surface area contributed by atoms with Crippen molar-refractivity contribution in [2.75, 3.05) is 11.9 Å². The van der Waals surface area contributed by atoms with Gasteiger partial charge in [0.15, 0.2) is 0 Å². The van der Waals surface area contributed by atoms with E-state index in [4.69, 9.17) is 4.74 Å². The van der Waals surface area contributed by atoms with Crippen molar-refractivity contribution in [1.29, 1.82) is 0 Å². The molecule has 0 aliphatic rings. The lowest BCUT2D eigenvalue weighted by molar-refractivity contribution is 0.102. The van der Waals surface area contributed by atoms with Crippen molar-refractivity contribution in [2.45, 2.75) is 6.92 Å². The van der Waals surface area contributed by atoms with Gasteiger partial charge in [-0.2, -0.15) is 0 Å². The summed E-state index contributed by atoms with van der Waals surface area (Å²) in [6, 6.07) is 18.7. The van der Waals surface area contributed by atoms with Gasteiger partial charge in [0.05, 0.1) is 17.7 Å². The fourth-order valence-electron chi connectivity index (χ4n) is 2.25. The Morgan fingerprint density at radius 2 is 1.82 bits per heavy atom. The number of hydrogen-bond acceptors (Lipinski definition) is 3. The molecule has 3 rings (SSSR count). The van der Waals surface area contributed by atoms with E-state index in [0.29, 0.717) is 23.7 Å². The molecule has 1 aromatic heterocycles. The molecule has 4 heteroatoms. The summed E-state index contributed by atoms with van der Waals surface area (Å²) in [4.78, 5) is 16.9. The molecule has 0 unspecified atom stereocenters. The summed E-state index contributed by atoms with van der Waals surface area (Å²) in [6.45, 7) is 2.40. The van der Waals surface area contributed by atoms with Crippen LogP contribution in [0, 0.1) is 0 Å². The zero-order valence-electron chi connectivity index (χ0n) is 12.2. The molecule has 0 aliphatic carbocycles. The second-order valence-electron chi connectivity index (χ2n) is 4.77. The fraction of sp³-hybridized carbons (Fsp3) is 0.111. The third kappa shape index (κ3) is 2.91. The van der Waals surface area contributed by atoms with E-state index in [1.807, 2.05) is 49.4 Å². The van der Waals surface area contributed by atoms with Crippen molar-refractivity contribution in [3.05, 3.63) is 66.2 Å². The molecule has 0 atom stereocenters. The van der Waals surface area contributed by atoms with Gasteiger partial charge < -0.3 is 10.1 Å². The number of para-hydroxylation sites is 2. The van der Waals surface area contributed by atoms with Crippen LogP contribution >= 0.6 is 0 Å². The predicted molar refractivity (Wildman–Crippen MR) is 87.3 cm³/mol. The van der Waals surface area contributed by atoms with E-state index in [9.17, 15) is 4.79 Å². The van der Waals surface area contributed by atoms with Gasteiger partial charge in [-0.15, -0.1) is 0 Å². The number of carbonyl (C=O) groups excluding carboxylic acids is 1. The first-order valence-corrected chi connectivity index (χ1v) is 7.17. The number of anilines is 1. The molecule has 1 heterocycles. The van der Waals surface area contributed by atoms with Crippen LogP contribution in [0.25, 0.3) is 10.9 Å². The molecule has 0 radical (unpaired) electrons. The third-order valence-electron chi connectivity index (χ3n) is 3.27. The molecule has 1 amide bonds. The Morgan fingerprint density at radius 3 is 2.68 bits per heavy atom. The van der Waals surface area contributed by atoms with Crippen molar-refractivity contribution in [2.24, 2.45) is 0 Å². The summed E-state index contributed by atoms with van der Waals surface area (Å²) >= 11 is 0. The van der Waals surface area contributed by atoms with Crippen LogP contribution in [-0.4, -0.2) is 17.5 Å². The number of benzene rings is 2. The van der Waals surface area contributed by atoms with Gasteiger partial charge in [0.2, 0.25) is 0 Å². The number of hydrogen-bond donors (Lipinski definition) is 1. The number of amides is 1. The highest BCUT2D eigenvalue weighted by atomic mass is 16.5. The van der Waals surface area contributed by atoms with E-state index in [2.05, 4.69) is 10.3 Å². The highest BCUT2D eigenvalue weighted by molar-refractivity contribution is 6.06. The van der Waals surface area contributed by atoms with Gasteiger partial charge in [-0.3, -0.25) is 4.79 Å². The van der Waals surface area contributed by atoms with E-state index in [1.165, 1.54) is 0 Å². The average molecular weight is 292 g/mol. The number of nitrogens with zero attached hydrogens (tertiary/aromatic N) is 1. The Bertz CT molecular complexity index is 815. The Hall–Kier alpha value is -2.88. The number of aromatic nitrogens is 1. The van der Waals surface area contributed by atoms with Crippen molar-refractivity contribution < 1.29 is 9.53 Å². The smallest absolute Gasteiger partial charge is 0.260 e. The molecule has 110 valence electrons. The third-order valence-corrected chi connectivity index (χ3v) is 3.27. The Labute approximate surface area is 128 Å². The lowest BCUT2D eigenvalue weighted by atomic mass is 10.2. The Kier molecular flexibility index (Phi) is 4.01. The maximum Gasteiger partial charge on any atom is 0.260 e. The zero-order chi connectivity index (χ0) is 15.4. The Morgan fingerprint density at radius 1 is 1.05 bits per heavy atom. The second kappa shape index (κ2) is 6.26. The van der Waals surface area contributed by atoms with Crippen LogP contribution in [0.4, 0.5) is 5.82 Å². The summed E-state index contributed by atoms with van der Waals surface area (Å²) in [5.41, 5.74) is 1.35. The first kappa shape index (κ1) is 14.1. The lowest BCUT2D eigenvalue weighted by Gasteiger charge is -2.10. The quantitative estimate of drug-likeness (QED) is 0.793. The van der Waals surface area contributed by atoms with Crippen LogP contribution in [0.15, 0.2) is 60.7 Å². The minimum atomic E-state index is -0.230. The fourth-order valence-corrected chi connectivity index (χ4v) is 2.25. The molecular weight excluding hydrogens is 276 g/mol. The number of nitrogens with one attached hydrogen (secondary N) is 1. The van der Waals surface area contributed by atoms with Crippen LogP contribution in [0.3, 0.4) is 0 Å². The minimum Gasteiger partial charge on any atom is -0.493 e. The molecule has 4 nitrogen and oxygen atoms in total. The number of rotatable bonds is 4. The van der Waals surface area contributed by atoms with Crippen molar-refractivity contribution in [1.82, 2.24) is 4.98 Å². The van der Waals surface area contributed by atoms with E-state index in [1.54, 1.807) is 18.2 Å². The monoisotopic (exact) mass is 292 g/mol. The summed E-state index contributed by atoms with van der Waals surface area (Å²) < 4.78 is 5.48. The van der Waals surface area contributed by atoms with E-state index in [0.717, 1.165) is 10.9 Å². The summed E-state index contributed by atoms with van der Waals surface area (Å²) in [7, 11) is 0. The van der Waals surface area contributed by atoms with Crippen LogP contribution in [0.2, 0.25) is 0 Å². The van der Waals surface area contributed by atoms with Crippen molar-refractivity contribution >= 4 is 22.6 Å². The van der Waals surface area contributed by atoms with Gasteiger partial charge in [-0.1, -0.05) is 30.3 Å². The molecule has 0 spiro atoms. The minimum absolute atomic E-state index is 0.230. The first-order valence-electron chi connectivity index (χ1n) is 7.17. The van der Waals surface area contributed by atoms with Gasteiger partial charge in [0.1, 0.15) is 11.6 Å². The van der Waals surface area contributed by atoms with Gasteiger partial charge in [0.25, 0.3) is 5.91 Å². The van der Waals surface area contributed by atoms with Crippen LogP contribution < -0.4 is 10.1 Å². The summed E-state index contributed by atoms with van der Waals surface area (Å²) in [6.07, 6.45) is 0. The molecule has 0 aliphatic heterocycles. The molecule has 3 aromatic rings. The lowest BCUT2D eigenvalue weighted by Crippen LogP contribution is -2.14. The molecular formula is C18H16N2O2. The topological polar surface area (TPSA) is 51.2 Å². The molecule has 2 aromatic carbocycles. The SMILES string of the molecule is CCOc1ccccc1C(=O)Nc1ccc2ccccc2n1. The van der Waals surface area contributed by atoms with Gasteiger partial charge in [0, 0.05) is 5.39 Å². The second-order valence-corrected chi connectivity index (χ2v) is 4.77. The molecule has 0 fully saturated rings. The molecule has 0 saturated carbocycles. The number of carbonyl (C=O) groups is 1. The van der Waals surface area contributed by atoms with Gasteiger partial charge in [-0.25, -0.2) is 4.98 Å². The van der Waals surface area contributed by atoms with E-state index < -0.39 is 0 Å². The highest BCUT2D eigenvalue weighted by Gasteiger charge is 2.12. The molecule has 0 saturated heterocycles. The number of ether oxygens (including phenoxy) is 1. The van der Waals surface area contributed by atoms with Crippen LogP contribution in [0.5, 0.6) is 5.75 Å². The number of fused-ring (bicyclic) bond motifs is 1. The van der Waals surface area contributed by atoms with E-state index >= 15 is 0 Å². The number of pyridine rings is 1. The van der Waals surface area contributed by atoms with Gasteiger partial charge >= 0.3 is 0 Å². The first-order chi connectivity index (χ1) is 10.8. The summed E-state index contributed by atoms with van der Waals surface area (Å²) in [5, 5.41) is 3.86. The zero-order valence-corrected chi connectivity index (χ0v) is 12.2. The van der Waals surface area contributed by atoms with Crippen molar-refractivity contribution in [3.63, 3.8) is 0 Å². The molecule has 0 bridgehead atoms.